The number of aromatic nitrogens is 1. The number of alkyl halides is 6. The standard InChI is InChI=1S/C13H6ClF6N/c14-9-3-1-2-7(4-9)8-5-10(12(15,16)17)21-11(6-8)13(18,19)20/h1-6H. The maximum atomic E-state index is 12.7. The molecule has 8 heteroatoms. The van der Waals surface area contributed by atoms with E-state index in [4.69, 9.17) is 11.6 Å². The van der Waals surface area contributed by atoms with Gasteiger partial charge in [-0.1, -0.05) is 23.7 Å². The molecule has 0 unspecified atom stereocenters. The summed E-state index contributed by atoms with van der Waals surface area (Å²) in [7, 11) is 0. The molecule has 0 spiro atoms. The lowest BCUT2D eigenvalue weighted by Crippen LogP contribution is -2.15. The fourth-order valence-electron chi connectivity index (χ4n) is 1.66. The van der Waals surface area contributed by atoms with Crippen LogP contribution < -0.4 is 0 Å². The Hall–Kier alpha value is -1.76. The van der Waals surface area contributed by atoms with Gasteiger partial charge in [-0.25, -0.2) is 4.98 Å². The van der Waals surface area contributed by atoms with Gasteiger partial charge in [-0.05, 0) is 35.4 Å². The first-order chi connectivity index (χ1) is 9.57. The van der Waals surface area contributed by atoms with Crippen LogP contribution in [0.15, 0.2) is 36.4 Å². The summed E-state index contributed by atoms with van der Waals surface area (Å²) in [5, 5.41) is 0.200. The molecule has 0 fully saturated rings. The van der Waals surface area contributed by atoms with Gasteiger partial charge in [0.25, 0.3) is 0 Å². The summed E-state index contributed by atoms with van der Waals surface area (Å²) < 4.78 is 76.1. The van der Waals surface area contributed by atoms with Gasteiger partial charge in [0.05, 0.1) is 0 Å². The molecular formula is C13H6ClF6N. The predicted molar refractivity (Wildman–Crippen MR) is 64.7 cm³/mol. The molecule has 1 heterocycles. The van der Waals surface area contributed by atoms with E-state index in [1.54, 1.807) is 0 Å². The average molecular weight is 326 g/mol. The second-order valence-corrected chi connectivity index (χ2v) is 4.57. The molecule has 0 saturated carbocycles. The van der Waals surface area contributed by atoms with Crippen molar-refractivity contribution in [2.24, 2.45) is 0 Å². The molecule has 0 aliphatic rings. The minimum absolute atomic E-state index is 0.140. The van der Waals surface area contributed by atoms with Gasteiger partial charge in [0, 0.05) is 5.02 Å². The van der Waals surface area contributed by atoms with E-state index in [1.165, 1.54) is 24.3 Å². The van der Waals surface area contributed by atoms with E-state index in [-0.39, 0.29) is 16.1 Å². The Morgan fingerprint density at radius 3 is 1.71 bits per heavy atom. The third-order valence-electron chi connectivity index (χ3n) is 2.56. The Morgan fingerprint density at radius 2 is 1.29 bits per heavy atom. The van der Waals surface area contributed by atoms with Crippen LogP contribution in [0.4, 0.5) is 26.3 Å². The normalized spacial score (nSPS) is 12.5. The van der Waals surface area contributed by atoms with Gasteiger partial charge in [-0.15, -0.1) is 0 Å². The molecule has 1 aromatic carbocycles. The number of nitrogens with zero attached hydrogens (tertiary/aromatic N) is 1. The maximum absolute atomic E-state index is 12.7. The van der Waals surface area contributed by atoms with Crippen LogP contribution in [-0.4, -0.2) is 4.98 Å². The summed E-state index contributed by atoms with van der Waals surface area (Å²) in [5.74, 6) is 0. The van der Waals surface area contributed by atoms with Crippen molar-refractivity contribution >= 4 is 11.6 Å². The van der Waals surface area contributed by atoms with E-state index >= 15 is 0 Å². The molecule has 0 N–H and O–H groups in total. The largest absolute Gasteiger partial charge is 0.433 e. The summed E-state index contributed by atoms with van der Waals surface area (Å²) in [6, 6.07) is 6.64. The van der Waals surface area contributed by atoms with Crippen LogP contribution in [0.3, 0.4) is 0 Å². The molecule has 1 nitrogen and oxygen atoms in total. The van der Waals surface area contributed by atoms with E-state index in [0.717, 1.165) is 0 Å². The molecule has 0 aliphatic heterocycles. The van der Waals surface area contributed by atoms with Crippen LogP contribution in [0.1, 0.15) is 11.4 Å². The van der Waals surface area contributed by atoms with Crippen LogP contribution in [-0.2, 0) is 12.4 Å². The lowest BCUT2D eigenvalue weighted by atomic mass is 10.0. The molecule has 112 valence electrons. The third-order valence-corrected chi connectivity index (χ3v) is 2.80. The third kappa shape index (κ3) is 3.66. The van der Waals surface area contributed by atoms with Crippen molar-refractivity contribution in [2.75, 3.05) is 0 Å². The van der Waals surface area contributed by atoms with Gasteiger partial charge >= 0.3 is 12.4 Å². The van der Waals surface area contributed by atoms with Crippen molar-refractivity contribution in [2.45, 2.75) is 12.4 Å². The smallest absolute Gasteiger partial charge is 0.239 e. The summed E-state index contributed by atoms with van der Waals surface area (Å²) >= 11 is 5.69. The van der Waals surface area contributed by atoms with Crippen LogP contribution in [0.2, 0.25) is 5.02 Å². The Labute approximate surface area is 120 Å². The fourth-order valence-corrected chi connectivity index (χ4v) is 1.85. The second-order valence-electron chi connectivity index (χ2n) is 4.13. The van der Waals surface area contributed by atoms with Crippen LogP contribution in [0.25, 0.3) is 11.1 Å². The molecule has 0 amide bonds. The van der Waals surface area contributed by atoms with Crippen LogP contribution >= 0.6 is 11.6 Å². The van der Waals surface area contributed by atoms with Crippen LogP contribution in [0, 0.1) is 0 Å². The van der Waals surface area contributed by atoms with Gasteiger partial charge < -0.3 is 0 Å². The second kappa shape index (κ2) is 5.22. The maximum Gasteiger partial charge on any atom is 0.433 e. The van der Waals surface area contributed by atoms with Crippen molar-refractivity contribution in [3.05, 3.63) is 52.8 Å². The average Bonchev–Trinajstić information content (AvgIpc) is 2.36. The molecule has 2 rings (SSSR count). The summed E-state index contributed by atoms with van der Waals surface area (Å²) in [6.45, 7) is 0. The lowest BCUT2D eigenvalue weighted by Gasteiger charge is -2.13. The quantitative estimate of drug-likeness (QED) is 0.636. The minimum atomic E-state index is -4.98. The van der Waals surface area contributed by atoms with Crippen molar-refractivity contribution in [1.29, 1.82) is 0 Å². The van der Waals surface area contributed by atoms with Crippen molar-refractivity contribution in [3.8, 4) is 11.1 Å². The van der Waals surface area contributed by atoms with E-state index < -0.39 is 23.7 Å². The van der Waals surface area contributed by atoms with Gasteiger partial charge in [0.1, 0.15) is 11.4 Å². The first-order valence-electron chi connectivity index (χ1n) is 5.50. The highest BCUT2D eigenvalue weighted by Crippen LogP contribution is 2.36. The molecule has 0 aliphatic carbocycles. The zero-order valence-corrected chi connectivity index (χ0v) is 10.8. The molecular weight excluding hydrogens is 320 g/mol. The molecule has 0 atom stereocenters. The van der Waals surface area contributed by atoms with Crippen LogP contribution in [0.5, 0.6) is 0 Å². The fraction of sp³-hybridized carbons (Fsp3) is 0.154. The summed E-state index contributed by atoms with van der Waals surface area (Å²) in [6.07, 6.45) is -9.96. The highest BCUT2D eigenvalue weighted by atomic mass is 35.5. The monoisotopic (exact) mass is 325 g/mol. The first-order valence-corrected chi connectivity index (χ1v) is 5.87. The number of rotatable bonds is 1. The Bertz CT molecular complexity index is 630. The molecule has 21 heavy (non-hydrogen) atoms. The highest BCUT2D eigenvalue weighted by molar-refractivity contribution is 6.30. The topological polar surface area (TPSA) is 12.9 Å². The zero-order chi connectivity index (χ0) is 15.8. The Balaban J connectivity index is 2.66. The first kappa shape index (κ1) is 15.6. The number of hydrogen-bond donors (Lipinski definition) is 0. The molecule has 1 aromatic heterocycles. The molecule has 0 bridgehead atoms. The number of benzene rings is 1. The van der Waals surface area contributed by atoms with Gasteiger partial charge in [-0.2, -0.15) is 26.3 Å². The van der Waals surface area contributed by atoms with Crippen molar-refractivity contribution < 1.29 is 26.3 Å². The molecule has 0 saturated heterocycles. The van der Waals surface area contributed by atoms with Gasteiger partial charge in [0.2, 0.25) is 0 Å². The van der Waals surface area contributed by atoms with E-state index in [9.17, 15) is 26.3 Å². The van der Waals surface area contributed by atoms with Crippen molar-refractivity contribution in [3.63, 3.8) is 0 Å². The van der Waals surface area contributed by atoms with E-state index in [2.05, 4.69) is 4.98 Å². The number of pyridine rings is 1. The highest BCUT2D eigenvalue weighted by Gasteiger charge is 2.38. The molecule has 0 radical (unpaired) electrons. The van der Waals surface area contributed by atoms with Gasteiger partial charge in [0.15, 0.2) is 0 Å². The summed E-state index contributed by atoms with van der Waals surface area (Å²) in [4.78, 5) is 2.64. The van der Waals surface area contributed by atoms with E-state index in [1.807, 2.05) is 0 Å². The SMILES string of the molecule is FC(F)(F)c1cc(-c2cccc(Cl)c2)cc(C(F)(F)F)n1. The predicted octanol–water partition coefficient (Wildman–Crippen LogP) is 5.44. The summed E-state index contributed by atoms with van der Waals surface area (Å²) in [5.41, 5.74) is -3.33. The number of hydrogen-bond acceptors (Lipinski definition) is 1. The van der Waals surface area contributed by atoms with E-state index in [0.29, 0.717) is 12.1 Å². The molecule has 2 aromatic rings. The Morgan fingerprint density at radius 1 is 0.762 bits per heavy atom. The lowest BCUT2D eigenvalue weighted by molar-refractivity contribution is -0.150. The number of halogens is 7. The minimum Gasteiger partial charge on any atom is -0.239 e. The zero-order valence-electron chi connectivity index (χ0n) is 10.1. The van der Waals surface area contributed by atoms with Gasteiger partial charge in [-0.3, -0.25) is 0 Å². The van der Waals surface area contributed by atoms with Crippen molar-refractivity contribution in [1.82, 2.24) is 4.98 Å². The Kier molecular flexibility index (Phi) is 3.88.